The SMILES string of the molecule is COc1cccc(N(CC(=O)N(Cc2ccccc2Cl)C(Cc2ccccc2)C(=O)NC2CCCC2)S(=O)(=O)c2ccc(C)cc2)c1. The largest absolute Gasteiger partial charge is 0.497 e. The number of ether oxygens (including phenoxy) is 1. The van der Waals surface area contributed by atoms with E-state index in [2.05, 4.69) is 5.32 Å². The molecule has 0 radical (unpaired) electrons. The molecule has 0 bridgehead atoms. The highest BCUT2D eigenvalue weighted by Gasteiger charge is 2.36. The van der Waals surface area contributed by atoms with Crippen molar-refractivity contribution in [2.45, 2.75) is 62.6 Å². The van der Waals surface area contributed by atoms with Gasteiger partial charge in [0.25, 0.3) is 10.0 Å². The van der Waals surface area contributed by atoms with Gasteiger partial charge in [0.15, 0.2) is 0 Å². The number of methoxy groups -OCH3 is 1. The maximum atomic E-state index is 14.7. The molecule has 0 saturated heterocycles. The summed E-state index contributed by atoms with van der Waals surface area (Å²) in [4.78, 5) is 30.3. The van der Waals surface area contributed by atoms with Crippen molar-refractivity contribution in [3.63, 3.8) is 0 Å². The molecule has 2 amide bonds. The number of hydrogen-bond donors (Lipinski definition) is 1. The Balaban J connectivity index is 1.58. The first-order chi connectivity index (χ1) is 22.7. The molecule has 10 heteroatoms. The highest BCUT2D eigenvalue weighted by atomic mass is 35.5. The Bertz CT molecular complexity index is 1780. The van der Waals surface area contributed by atoms with Gasteiger partial charge in [0.2, 0.25) is 11.8 Å². The van der Waals surface area contributed by atoms with Crippen molar-refractivity contribution < 1.29 is 22.7 Å². The van der Waals surface area contributed by atoms with Crippen molar-refractivity contribution in [2.75, 3.05) is 18.0 Å². The number of hydrogen-bond acceptors (Lipinski definition) is 5. The topological polar surface area (TPSA) is 96.0 Å². The number of sulfonamides is 1. The Morgan fingerprint density at radius 3 is 2.28 bits per heavy atom. The van der Waals surface area contributed by atoms with E-state index < -0.39 is 28.5 Å². The van der Waals surface area contributed by atoms with Crippen LogP contribution in [0.25, 0.3) is 0 Å². The second-order valence-corrected chi connectivity index (χ2v) is 14.1. The third-order valence-corrected chi connectivity index (χ3v) is 10.7. The number of anilines is 1. The highest BCUT2D eigenvalue weighted by Crippen LogP contribution is 2.29. The fraction of sp³-hybridized carbons (Fsp3) is 0.297. The molecule has 4 aromatic carbocycles. The van der Waals surface area contributed by atoms with Gasteiger partial charge in [-0.1, -0.05) is 96.7 Å². The fourth-order valence-electron chi connectivity index (χ4n) is 5.86. The second kappa shape index (κ2) is 15.5. The van der Waals surface area contributed by atoms with Gasteiger partial charge in [-0.15, -0.1) is 0 Å². The van der Waals surface area contributed by atoms with E-state index >= 15 is 0 Å². The van der Waals surface area contributed by atoms with Gasteiger partial charge in [-0.25, -0.2) is 8.42 Å². The van der Waals surface area contributed by atoms with Crippen LogP contribution in [0.5, 0.6) is 5.75 Å². The van der Waals surface area contributed by atoms with E-state index in [-0.39, 0.29) is 35.5 Å². The minimum atomic E-state index is -4.23. The van der Waals surface area contributed by atoms with Gasteiger partial charge in [-0.2, -0.15) is 0 Å². The van der Waals surface area contributed by atoms with Gasteiger partial charge < -0.3 is 15.0 Å². The van der Waals surface area contributed by atoms with E-state index in [9.17, 15) is 18.0 Å². The quantitative estimate of drug-likeness (QED) is 0.174. The number of carbonyl (C=O) groups is 2. The average Bonchev–Trinajstić information content (AvgIpc) is 3.59. The molecular formula is C37H40ClN3O5S. The zero-order chi connectivity index (χ0) is 33.4. The van der Waals surface area contributed by atoms with Gasteiger partial charge in [-0.05, 0) is 61.2 Å². The lowest BCUT2D eigenvalue weighted by Crippen LogP contribution is -2.54. The Labute approximate surface area is 282 Å². The standard InChI is InChI=1S/C37H40ClN3O5S/c1-27-19-21-33(22-20-27)47(44,45)41(31-16-10-17-32(24-31)46-2)26-36(42)40(25-29-13-6-9-18-34(29)38)35(23-28-11-4-3-5-12-28)37(43)39-30-14-7-8-15-30/h3-6,9-13,16-22,24,30,35H,7-8,14-15,23,25-26H2,1-2H3,(H,39,43). The molecule has 1 N–H and O–H groups in total. The number of benzene rings is 4. The highest BCUT2D eigenvalue weighted by molar-refractivity contribution is 7.92. The lowest BCUT2D eigenvalue weighted by atomic mass is 10.0. The molecule has 1 unspecified atom stereocenters. The molecule has 0 heterocycles. The number of aryl methyl sites for hydroxylation is 1. The van der Waals surface area contributed by atoms with Gasteiger partial charge in [0, 0.05) is 30.1 Å². The number of halogens is 1. The summed E-state index contributed by atoms with van der Waals surface area (Å²) in [7, 11) is -2.73. The molecule has 0 aliphatic heterocycles. The summed E-state index contributed by atoms with van der Waals surface area (Å²) in [5.74, 6) is -0.397. The molecule has 47 heavy (non-hydrogen) atoms. The van der Waals surface area contributed by atoms with Crippen LogP contribution in [0, 0.1) is 6.92 Å². The molecule has 246 valence electrons. The zero-order valence-electron chi connectivity index (χ0n) is 26.6. The monoisotopic (exact) mass is 673 g/mol. The third kappa shape index (κ3) is 8.53. The minimum absolute atomic E-state index is 0.00459. The number of nitrogens with one attached hydrogen (secondary N) is 1. The predicted molar refractivity (Wildman–Crippen MR) is 185 cm³/mol. The maximum absolute atomic E-state index is 14.7. The number of rotatable bonds is 13. The van der Waals surface area contributed by atoms with Crippen LogP contribution in [-0.2, 0) is 32.6 Å². The maximum Gasteiger partial charge on any atom is 0.264 e. The molecule has 1 aliphatic rings. The van der Waals surface area contributed by atoms with E-state index in [1.165, 1.54) is 24.1 Å². The van der Waals surface area contributed by atoms with Crippen LogP contribution in [0.2, 0.25) is 5.02 Å². The molecule has 0 aromatic heterocycles. The second-order valence-electron chi connectivity index (χ2n) is 11.8. The van der Waals surface area contributed by atoms with Crippen LogP contribution < -0.4 is 14.4 Å². The van der Waals surface area contributed by atoms with Crippen LogP contribution in [0.4, 0.5) is 5.69 Å². The first-order valence-electron chi connectivity index (χ1n) is 15.8. The number of carbonyl (C=O) groups excluding carboxylic acids is 2. The summed E-state index contributed by atoms with van der Waals surface area (Å²) >= 11 is 6.60. The van der Waals surface area contributed by atoms with E-state index in [0.29, 0.717) is 16.3 Å². The van der Waals surface area contributed by atoms with Gasteiger partial charge in [-0.3, -0.25) is 13.9 Å². The first-order valence-corrected chi connectivity index (χ1v) is 17.6. The summed E-state index contributed by atoms with van der Waals surface area (Å²) in [6.07, 6.45) is 4.05. The van der Waals surface area contributed by atoms with Crippen molar-refractivity contribution >= 4 is 39.1 Å². The molecule has 1 aliphatic carbocycles. The van der Waals surface area contributed by atoms with Gasteiger partial charge in [0.1, 0.15) is 18.3 Å². The molecule has 8 nitrogen and oxygen atoms in total. The van der Waals surface area contributed by atoms with E-state index in [1.54, 1.807) is 54.6 Å². The lowest BCUT2D eigenvalue weighted by molar-refractivity contribution is -0.140. The Kier molecular flexibility index (Phi) is 11.2. The van der Waals surface area contributed by atoms with Crippen LogP contribution in [-0.4, -0.2) is 50.9 Å². The van der Waals surface area contributed by atoms with E-state index in [1.807, 2.05) is 43.3 Å². The number of nitrogens with zero attached hydrogens (tertiary/aromatic N) is 2. The van der Waals surface area contributed by atoms with Crippen molar-refractivity contribution in [3.8, 4) is 5.75 Å². The number of amides is 2. The molecular weight excluding hydrogens is 634 g/mol. The first kappa shape index (κ1) is 34.0. The van der Waals surface area contributed by atoms with Gasteiger partial charge in [0.05, 0.1) is 17.7 Å². The van der Waals surface area contributed by atoms with Crippen LogP contribution >= 0.6 is 11.6 Å². The van der Waals surface area contributed by atoms with Crippen LogP contribution in [0.15, 0.2) is 108 Å². The molecule has 4 aromatic rings. The van der Waals surface area contributed by atoms with Gasteiger partial charge >= 0.3 is 0 Å². The zero-order valence-corrected chi connectivity index (χ0v) is 28.2. The average molecular weight is 674 g/mol. The third-order valence-electron chi connectivity index (χ3n) is 8.50. The normalized spacial score (nSPS) is 13.9. The molecule has 1 saturated carbocycles. The summed E-state index contributed by atoms with van der Waals surface area (Å²) in [6, 6.07) is 28.8. The van der Waals surface area contributed by atoms with Crippen LogP contribution in [0.3, 0.4) is 0 Å². The predicted octanol–water partition coefficient (Wildman–Crippen LogP) is 6.55. The summed E-state index contributed by atoms with van der Waals surface area (Å²) in [5, 5.41) is 3.62. The van der Waals surface area contributed by atoms with Crippen molar-refractivity contribution in [3.05, 3.63) is 125 Å². The van der Waals surface area contributed by atoms with E-state index in [0.717, 1.165) is 41.1 Å². The molecule has 1 fully saturated rings. The molecule has 5 rings (SSSR count). The van der Waals surface area contributed by atoms with E-state index in [4.69, 9.17) is 16.3 Å². The van der Waals surface area contributed by atoms with Crippen LogP contribution in [0.1, 0.15) is 42.4 Å². The van der Waals surface area contributed by atoms with Crippen molar-refractivity contribution in [1.29, 1.82) is 0 Å². The minimum Gasteiger partial charge on any atom is -0.497 e. The lowest BCUT2D eigenvalue weighted by Gasteiger charge is -2.34. The summed E-state index contributed by atoms with van der Waals surface area (Å²) in [5.41, 5.74) is 2.67. The Morgan fingerprint density at radius 1 is 0.915 bits per heavy atom. The molecule has 1 atom stereocenters. The summed E-state index contributed by atoms with van der Waals surface area (Å²) < 4.78 is 35.0. The summed E-state index contributed by atoms with van der Waals surface area (Å²) in [6.45, 7) is 1.32. The van der Waals surface area contributed by atoms with Crippen molar-refractivity contribution in [2.24, 2.45) is 0 Å². The Hall–Kier alpha value is -4.34. The fourth-order valence-corrected chi connectivity index (χ4v) is 7.46. The molecule has 0 spiro atoms. The van der Waals surface area contributed by atoms with Crippen molar-refractivity contribution in [1.82, 2.24) is 10.2 Å². The Morgan fingerprint density at radius 2 is 1.60 bits per heavy atom. The smallest absolute Gasteiger partial charge is 0.264 e.